The van der Waals surface area contributed by atoms with Gasteiger partial charge in [-0.25, -0.2) is 0 Å². The number of benzene rings is 2. The van der Waals surface area contributed by atoms with Crippen molar-refractivity contribution in [2.45, 2.75) is 6.10 Å². The Morgan fingerprint density at radius 1 is 0.920 bits per heavy atom. The van der Waals surface area contributed by atoms with E-state index in [1.165, 1.54) is 4.63 Å². The zero-order chi connectivity index (χ0) is 17.1. The molecule has 0 radical (unpaired) electrons. The third kappa shape index (κ3) is 3.31. The third-order valence-electron chi connectivity index (χ3n) is 3.95. The van der Waals surface area contributed by atoms with E-state index in [1.807, 2.05) is 42.5 Å². The Kier molecular flexibility index (Phi) is 4.05. The maximum absolute atomic E-state index is 10.4. The number of tetrazole rings is 1. The number of fused-ring (bicyclic) bond motifs is 1. The zero-order valence-electron chi connectivity index (χ0n) is 13.3. The van der Waals surface area contributed by atoms with Crippen molar-refractivity contribution in [1.82, 2.24) is 25.3 Å². The van der Waals surface area contributed by atoms with E-state index in [4.69, 9.17) is 0 Å². The van der Waals surface area contributed by atoms with Crippen molar-refractivity contribution in [3.63, 3.8) is 0 Å². The summed E-state index contributed by atoms with van der Waals surface area (Å²) in [4.78, 5) is 0. The van der Waals surface area contributed by atoms with Gasteiger partial charge < -0.3 is 10.4 Å². The molecule has 25 heavy (non-hydrogen) atoms. The molecule has 0 spiro atoms. The summed E-state index contributed by atoms with van der Waals surface area (Å²) in [5, 5.41) is 28.8. The van der Waals surface area contributed by atoms with E-state index in [2.05, 4.69) is 38.1 Å². The van der Waals surface area contributed by atoms with E-state index in [9.17, 15) is 5.11 Å². The van der Waals surface area contributed by atoms with Crippen LogP contribution in [0.4, 0.5) is 5.82 Å². The molecule has 2 N–H and O–H groups in total. The Morgan fingerprint density at radius 2 is 1.68 bits per heavy atom. The first-order valence-electron chi connectivity index (χ1n) is 7.92. The molecule has 0 aliphatic carbocycles. The van der Waals surface area contributed by atoms with Crippen LogP contribution in [-0.4, -0.2) is 36.9 Å². The number of hydrogen-bond acceptors (Lipinski definition) is 6. The monoisotopic (exact) mass is 332 g/mol. The van der Waals surface area contributed by atoms with Crippen molar-refractivity contribution in [2.24, 2.45) is 0 Å². The summed E-state index contributed by atoms with van der Waals surface area (Å²) in [7, 11) is 0. The molecule has 0 aliphatic heterocycles. The molecule has 7 heteroatoms. The Bertz CT molecular complexity index is 968. The van der Waals surface area contributed by atoms with Crippen LogP contribution in [0, 0.1) is 0 Å². The number of anilines is 1. The first-order chi connectivity index (χ1) is 12.3. The molecule has 124 valence electrons. The highest BCUT2D eigenvalue weighted by Gasteiger charge is 2.09. The number of aliphatic hydroxyl groups is 1. The molecular formula is C18H16N6O. The molecule has 7 nitrogen and oxygen atoms in total. The molecule has 0 saturated heterocycles. The van der Waals surface area contributed by atoms with Crippen LogP contribution in [0.15, 0.2) is 66.7 Å². The van der Waals surface area contributed by atoms with Crippen LogP contribution in [0.3, 0.4) is 0 Å². The van der Waals surface area contributed by atoms with Crippen LogP contribution in [0.2, 0.25) is 0 Å². The van der Waals surface area contributed by atoms with Crippen LogP contribution in [-0.2, 0) is 0 Å². The highest BCUT2D eigenvalue weighted by atomic mass is 16.3. The number of aliphatic hydroxyl groups excluding tert-OH is 1. The fraction of sp³-hybridized carbons (Fsp3) is 0.111. The van der Waals surface area contributed by atoms with Gasteiger partial charge >= 0.3 is 0 Å². The van der Waals surface area contributed by atoms with Gasteiger partial charge in [0.2, 0.25) is 0 Å². The molecule has 1 unspecified atom stereocenters. The van der Waals surface area contributed by atoms with Gasteiger partial charge in [-0.15, -0.1) is 14.8 Å². The van der Waals surface area contributed by atoms with E-state index < -0.39 is 6.10 Å². The predicted molar refractivity (Wildman–Crippen MR) is 93.9 cm³/mol. The van der Waals surface area contributed by atoms with Crippen molar-refractivity contribution >= 4 is 11.5 Å². The molecule has 2 heterocycles. The quantitative estimate of drug-likeness (QED) is 0.583. The number of rotatable bonds is 5. The van der Waals surface area contributed by atoms with Crippen LogP contribution in [0.1, 0.15) is 11.7 Å². The molecular weight excluding hydrogens is 316 g/mol. The number of hydrogen-bond donors (Lipinski definition) is 2. The van der Waals surface area contributed by atoms with Crippen LogP contribution in [0.25, 0.3) is 16.8 Å². The Morgan fingerprint density at radius 3 is 2.48 bits per heavy atom. The minimum Gasteiger partial charge on any atom is -0.387 e. The largest absolute Gasteiger partial charge is 0.387 e. The highest BCUT2D eigenvalue weighted by Crippen LogP contribution is 2.22. The highest BCUT2D eigenvalue weighted by molar-refractivity contribution is 5.63. The van der Waals surface area contributed by atoms with E-state index >= 15 is 0 Å². The van der Waals surface area contributed by atoms with Crippen molar-refractivity contribution in [3.05, 3.63) is 72.3 Å². The van der Waals surface area contributed by atoms with Gasteiger partial charge in [-0.05, 0) is 39.2 Å². The maximum atomic E-state index is 10.4. The Labute approximate surface area is 143 Å². The van der Waals surface area contributed by atoms with Gasteiger partial charge in [-0.3, -0.25) is 0 Å². The van der Waals surface area contributed by atoms with E-state index in [1.54, 1.807) is 12.1 Å². The summed E-state index contributed by atoms with van der Waals surface area (Å²) in [6, 6.07) is 21.6. The third-order valence-corrected chi connectivity index (χ3v) is 3.95. The van der Waals surface area contributed by atoms with Gasteiger partial charge in [0, 0.05) is 6.54 Å². The maximum Gasteiger partial charge on any atom is 0.200 e. The summed E-state index contributed by atoms with van der Waals surface area (Å²) in [6.45, 7) is 0.339. The molecule has 0 amide bonds. The fourth-order valence-electron chi connectivity index (χ4n) is 2.59. The average molecular weight is 332 g/mol. The smallest absolute Gasteiger partial charge is 0.200 e. The van der Waals surface area contributed by atoms with Gasteiger partial charge in [-0.2, -0.15) is 0 Å². The number of nitrogens with zero attached hydrogens (tertiary/aromatic N) is 5. The lowest BCUT2D eigenvalue weighted by Gasteiger charge is -2.13. The first kappa shape index (κ1) is 15.2. The lowest BCUT2D eigenvalue weighted by molar-refractivity contribution is 0.191. The molecule has 4 aromatic rings. The predicted octanol–water partition coefficient (Wildman–Crippen LogP) is 2.33. The van der Waals surface area contributed by atoms with Gasteiger partial charge in [0.1, 0.15) is 5.82 Å². The minimum absolute atomic E-state index is 0.339. The van der Waals surface area contributed by atoms with E-state index in [0.29, 0.717) is 18.0 Å². The summed E-state index contributed by atoms with van der Waals surface area (Å²) in [5.74, 6) is 0.597. The second-order valence-electron chi connectivity index (χ2n) is 5.63. The lowest BCUT2D eigenvalue weighted by Crippen LogP contribution is -2.13. The standard InChI is InChI=1S/C18H16N6O/c25-16(12-19-17-10-11-18-20-22-23-24(18)21-17)15-8-6-14(7-9-15)13-4-2-1-3-5-13/h1-11,16,25H,12H2,(H,19,21). The molecule has 0 bridgehead atoms. The van der Waals surface area contributed by atoms with Crippen molar-refractivity contribution in [1.29, 1.82) is 0 Å². The molecule has 0 aliphatic rings. The van der Waals surface area contributed by atoms with Crippen LogP contribution >= 0.6 is 0 Å². The summed E-state index contributed by atoms with van der Waals surface area (Å²) in [6.07, 6.45) is -0.642. The molecule has 0 fully saturated rings. The first-order valence-corrected chi connectivity index (χ1v) is 7.92. The van der Waals surface area contributed by atoms with E-state index in [-0.39, 0.29) is 0 Å². The normalized spacial score (nSPS) is 12.2. The van der Waals surface area contributed by atoms with Gasteiger partial charge in [-0.1, -0.05) is 54.6 Å². The van der Waals surface area contributed by atoms with Crippen molar-refractivity contribution in [3.8, 4) is 11.1 Å². The number of aromatic nitrogens is 5. The summed E-state index contributed by atoms with van der Waals surface area (Å²) in [5.41, 5.74) is 3.69. The topological polar surface area (TPSA) is 88.2 Å². The zero-order valence-corrected chi connectivity index (χ0v) is 13.3. The average Bonchev–Trinajstić information content (AvgIpc) is 3.15. The SMILES string of the molecule is OC(CNc1ccc2nnnn2n1)c1ccc(-c2ccccc2)cc1. The van der Waals surface area contributed by atoms with Crippen LogP contribution in [0.5, 0.6) is 0 Å². The molecule has 2 aromatic carbocycles. The lowest BCUT2D eigenvalue weighted by atomic mass is 10.0. The second kappa shape index (κ2) is 6.66. The Hall–Kier alpha value is -3.32. The van der Waals surface area contributed by atoms with Gasteiger partial charge in [0.25, 0.3) is 0 Å². The number of nitrogens with one attached hydrogen (secondary N) is 1. The summed E-state index contributed by atoms with van der Waals surface area (Å²) >= 11 is 0. The van der Waals surface area contributed by atoms with E-state index in [0.717, 1.165) is 16.7 Å². The minimum atomic E-state index is -0.642. The van der Waals surface area contributed by atoms with Crippen molar-refractivity contribution in [2.75, 3.05) is 11.9 Å². The van der Waals surface area contributed by atoms with Crippen LogP contribution < -0.4 is 5.32 Å². The fourth-order valence-corrected chi connectivity index (χ4v) is 2.59. The molecule has 1 atom stereocenters. The van der Waals surface area contributed by atoms with Gasteiger partial charge in [0.15, 0.2) is 5.65 Å². The summed E-state index contributed by atoms with van der Waals surface area (Å²) < 4.78 is 1.34. The van der Waals surface area contributed by atoms with Crippen molar-refractivity contribution < 1.29 is 5.11 Å². The Balaban J connectivity index is 1.43. The molecule has 2 aromatic heterocycles. The molecule has 0 saturated carbocycles. The second-order valence-corrected chi connectivity index (χ2v) is 5.63. The van der Waals surface area contributed by atoms with Gasteiger partial charge in [0.05, 0.1) is 6.10 Å². The molecule has 4 rings (SSSR count).